The molecule has 2 aromatic rings. The monoisotopic (exact) mass is 357 g/mol. The molecule has 0 aromatic carbocycles. The standard InChI is InChI=1S/C14H17BrClN3O/c1-9(12-3-2-6-20-12)19-13(4-5-16)18-11-7-10(15)8-17-14(11)19/h7-9,12H,2-6H2,1H3. The maximum absolute atomic E-state index is 5.92. The van der Waals surface area contributed by atoms with Gasteiger partial charge in [-0.05, 0) is 41.8 Å². The van der Waals surface area contributed by atoms with Gasteiger partial charge in [0.05, 0.1) is 12.1 Å². The van der Waals surface area contributed by atoms with E-state index in [9.17, 15) is 0 Å². The van der Waals surface area contributed by atoms with Crippen LogP contribution in [0.4, 0.5) is 0 Å². The molecule has 0 N–H and O–H groups in total. The van der Waals surface area contributed by atoms with Gasteiger partial charge in [-0.15, -0.1) is 11.6 Å². The van der Waals surface area contributed by atoms with Crippen LogP contribution in [0.3, 0.4) is 0 Å². The number of hydrogen-bond acceptors (Lipinski definition) is 3. The van der Waals surface area contributed by atoms with E-state index in [1.54, 1.807) is 0 Å². The summed E-state index contributed by atoms with van der Waals surface area (Å²) in [6, 6.07) is 2.23. The van der Waals surface area contributed by atoms with Crippen molar-refractivity contribution in [3.8, 4) is 0 Å². The molecule has 0 bridgehead atoms. The van der Waals surface area contributed by atoms with Crippen LogP contribution < -0.4 is 0 Å². The molecular formula is C14H17BrClN3O. The second-order valence-corrected chi connectivity index (χ2v) is 6.42. The van der Waals surface area contributed by atoms with Crippen molar-refractivity contribution in [3.05, 3.63) is 22.6 Å². The lowest BCUT2D eigenvalue weighted by Crippen LogP contribution is -2.23. The average Bonchev–Trinajstić information content (AvgIpc) is 3.05. The van der Waals surface area contributed by atoms with Crippen molar-refractivity contribution in [2.75, 3.05) is 12.5 Å². The lowest BCUT2D eigenvalue weighted by molar-refractivity contribution is 0.0735. The summed E-state index contributed by atoms with van der Waals surface area (Å²) in [6.45, 7) is 3.03. The first-order chi connectivity index (χ1) is 9.70. The van der Waals surface area contributed by atoms with Gasteiger partial charge in [-0.2, -0.15) is 0 Å². The van der Waals surface area contributed by atoms with Gasteiger partial charge in [0.2, 0.25) is 0 Å². The van der Waals surface area contributed by atoms with Crippen LogP contribution in [-0.4, -0.2) is 33.1 Å². The number of imidazole rings is 1. The predicted molar refractivity (Wildman–Crippen MR) is 83.3 cm³/mol. The SMILES string of the molecule is CC(C1CCCO1)n1c(CCCl)nc2cc(Br)cnc21. The Morgan fingerprint density at radius 1 is 1.60 bits per heavy atom. The summed E-state index contributed by atoms with van der Waals surface area (Å²) >= 11 is 9.36. The van der Waals surface area contributed by atoms with Crippen LogP contribution in [0.5, 0.6) is 0 Å². The van der Waals surface area contributed by atoms with Crippen LogP contribution in [0.2, 0.25) is 0 Å². The molecule has 2 unspecified atom stereocenters. The molecule has 4 nitrogen and oxygen atoms in total. The fourth-order valence-electron chi connectivity index (χ4n) is 2.84. The molecule has 0 spiro atoms. The van der Waals surface area contributed by atoms with Crippen LogP contribution in [0.1, 0.15) is 31.6 Å². The van der Waals surface area contributed by atoms with Crippen molar-refractivity contribution in [1.29, 1.82) is 0 Å². The summed E-state index contributed by atoms with van der Waals surface area (Å²) in [6.07, 6.45) is 5.02. The lowest BCUT2D eigenvalue weighted by Gasteiger charge is -2.22. The van der Waals surface area contributed by atoms with Crippen LogP contribution in [0.25, 0.3) is 11.2 Å². The Balaban J connectivity index is 2.07. The van der Waals surface area contributed by atoms with E-state index in [1.165, 1.54) is 0 Å². The molecule has 0 aliphatic carbocycles. The van der Waals surface area contributed by atoms with Crippen LogP contribution >= 0.6 is 27.5 Å². The first kappa shape index (κ1) is 14.3. The minimum Gasteiger partial charge on any atom is -0.376 e. The molecule has 6 heteroatoms. The number of alkyl halides is 1. The normalized spacial score (nSPS) is 20.6. The number of rotatable bonds is 4. The van der Waals surface area contributed by atoms with Gasteiger partial charge < -0.3 is 9.30 Å². The average molecular weight is 359 g/mol. The highest BCUT2D eigenvalue weighted by Crippen LogP contribution is 2.29. The number of halogens is 2. The Bertz CT molecular complexity index is 610. The summed E-state index contributed by atoms with van der Waals surface area (Å²) in [7, 11) is 0. The molecule has 108 valence electrons. The first-order valence-electron chi connectivity index (χ1n) is 6.90. The number of hydrogen-bond donors (Lipinski definition) is 0. The Morgan fingerprint density at radius 2 is 2.45 bits per heavy atom. The third kappa shape index (κ3) is 2.59. The summed E-state index contributed by atoms with van der Waals surface area (Å²) in [5.41, 5.74) is 1.82. The number of fused-ring (bicyclic) bond motifs is 1. The van der Waals surface area contributed by atoms with Gasteiger partial charge in [-0.1, -0.05) is 0 Å². The fraction of sp³-hybridized carbons (Fsp3) is 0.571. The summed E-state index contributed by atoms with van der Waals surface area (Å²) < 4.78 is 8.96. The van der Waals surface area contributed by atoms with Gasteiger partial charge in [-0.25, -0.2) is 9.97 Å². The minimum absolute atomic E-state index is 0.231. The quantitative estimate of drug-likeness (QED) is 0.782. The Labute approximate surface area is 131 Å². The molecule has 3 rings (SSSR count). The number of nitrogens with zero attached hydrogens (tertiary/aromatic N) is 3. The topological polar surface area (TPSA) is 39.9 Å². The van der Waals surface area contributed by atoms with E-state index in [2.05, 4.69) is 37.4 Å². The van der Waals surface area contributed by atoms with Gasteiger partial charge >= 0.3 is 0 Å². The largest absolute Gasteiger partial charge is 0.376 e. The third-order valence-corrected chi connectivity index (χ3v) is 4.42. The highest BCUT2D eigenvalue weighted by molar-refractivity contribution is 9.10. The van der Waals surface area contributed by atoms with E-state index in [4.69, 9.17) is 16.3 Å². The van der Waals surface area contributed by atoms with Gasteiger partial charge in [0, 0.05) is 29.6 Å². The van der Waals surface area contributed by atoms with E-state index < -0.39 is 0 Å². The molecule has 0 saturated carbocycles. The van der Waals surface area contributed by atoms with Gasteiger partial charge in [0.25, 0.3) is 0 Å². The molecule has 1 saturated heterocycles. The van der Waals surface area contributed by atoms with E-state index in [0.717, 1.165) is 47.3 Å². The molecule has 0 amide bonds. The molecule has 2 atom stereocenters. The lowest BCUT2D eigenvalue weighted by atomic mass is 10.1. The van der Waals surface area contributed by atoms with E-state index in [1.807, 2.05) is 12.3 Å². The molecule has 1 aliphatic heterocycles. The van der Waals surface area contributed by atoms with Gasteiger partial charge in [0.15, 0.2) is 5.65 Å². The van der Waals surface area contributed by atoms with Gasteiger partial charge in [0.1, 0.15) is 11.3 Å². The molecule has 3 heterocycles. The zero-order valence-electron chi connectivity index (χ0n) is 11.4. The van der Waals surface area contributed by atoms with Crippen molar-refractivity contribution in [1.82, 2.24) is 14.5 Å². The number of ether oxygens (including phenoxy) is 1. The summed E-state index contributed by atoms with van der Waals surface area (Å²) in [4.78, 5) is 9.22. The molecule has 2 aromatic heterocycles. The first-order valence-corrected chi connectivity index (χ1v) is 8.23. The van der Waals surface area contributed by atoms with Crippen LogP contribution in [0, 0.1) is 0 Å². The van der Waals surface area contributed by atoms with E-state index in [-0.39, 0.29) is 12.1 Å². The second-order valence-electron chi connectivity index (χ2n) is 5.13. The second kappa shape index (κ2) is 6.00. The minimum atomic E-state index is 0.231. The summed E-state index contributed by atoms with van der Waals surface area (Å²) in [5, 5.41) is 0. The van der Waals surface area contributed by atoms with E-state index in [0.29, 0.717) is 5.88 Å². The molecule has 0 radical (unpaired) electrons. The zero-order valence-corrected chi connectivity index (χ0v) is 13.7. The van der Waals surface area contributed by atoms with Crippen molar-refractivity contribution in [2.45, 2.75) is 38.3 Å². The molecule has 1 aliphatic rings. The molecule has 20 heavy (non-hydrogen) atoms. The Kier molecular flexibility index (Phi) is 4.29. The Hall–Kier alpha value is -0.650. The summed E-state index contributed by atoms with van der Waals surface area (Å²) in [5.74, 6) is 1.55. The van der Waals surface area contributed by atoms with Gasteiger partial charge in [-0.3, -0.25) is 0 Å². The highest BCUT2D eigenvalue weighted by atomic mass is 79.9. The number of pyridine rings is 1. The smallest absolute Gasteiger partial charge is 0.160 e. The van der Waals surface area contributed by atoms with Crippen molar-refractivity contribution >= 4 is 38.7 Å². The van der Waals surface area contributed by atoms with Crippen LogP contribution in [0.15, 0.2) is 16.7 Å². The molecule has 1 fully saturated rings. The van der Waals surface area contributed by atoms with Crippen molar-refractivity contribution in [3.63, 3.8) is 0 Å². The fourth-order valence-corrected chi connectivity index (χ4v) is 3.33. The van der Waals surface area contributed by atoms with Crippen LogP contribution in [-0.2, 0) is 11.2 Å². The third-order valence-electron chi connectivity index (χ3n) is 3.80. The zero-order chi connectivity index (χ0) is 14.1. The van der Waals surface area contributed by atoms with Crippen molar-refractivity contribution < 1.29 is 4.74 Å². The number of aromatic nitrogens is 3. The Morgan fingerprint density at radius 3 is 3.15 bits per heavy atom. The molecular weight excluding hydrogens is 342 g/mol. The maximum atomic E-state index is 5.92. The number of aryl methyl sites for hydroxylation is 1. The highest BCUT2D eigenvalue weighted by Gasteiger charge is 2.27. The maximum Gasteiger partial charge on any atom is 0.160 e. The van der Waals surface area contributed by atoms with Crippen molar-refractivity contribution in [2.24, 2.45) is 0 Å². The predicted octanol–water partition coefficient (Wildman–Crippen LogP) is 3.72. The van der Waals surface area contributed by atoms with E-state index >= 15 is 0 Å².